The lowest BCUT2D eigenvalue weighted by atomic mass is 10.1. The Balaban J connectivity index is 1.84. The molecule has 2 heterocycles. The maximum Gasteiger partial charge on any atom is 0.243 e. The highest BCUT2D eigenvalue weighted by Crippen LogP contribution is 2.22. The summed E-state index contributed by atoms with van der Waals surface area (Å²) in [6, 6.07) is 2.08. The largest absolute Gasteiger partial charge is 0.354 e. The topological polar surface area (TPSA) is 133 Å². The van der Waals surface area contributed by atoms with Crippen molar-refractivity contribution in [2.24, 2.45) is 0 Å². The van der Waals surface area contributed by atoms with E-state index < -0.39 is 50.4 Å². The number of hydrogen-bond donors (Lipinski definition) is 2. The maximum atomic E-state index is 13.2. The summed E-state index contributed by atoms with van der Waals surface area (Å²) in [7, 11) is -7.88. The summed E-state index contributed by atoms with van der Waals surface area (Å²) in [5.41, 5.74) is 0. The zero-order valence-electron chi connectivity index (χ0n) is 16.2. The third-order valence-electron chi connectivity index (χ3n) is 5.08. The number of carbonyl (C=O) groups excluding carboxylic acids is 2. The normalized spacial score (nSPS) is 24.3. The molecular weight excluding hydrogens is 439 g/mol. The van der Waals surface area contributed by atoms with Crippen LogP contribution in [0.1, 0.15) is 12.8 Å². The lowest BCUT2D eigenvalue weighted by Gasteiger charge is -2.39. The molecule has 0 saturated carbocycles. The molecular formula is C17H23FN4O6S2. The number of nitrogens with one attached hydrogen (secondary N) is 2. The molecule has 30 heavy (non-hydrogen) atoms. The van der Waals surface area contributed by atoms with Gasteiger partial charge in [0.1, 0.15) is 17.9 Å². The van der Waals surface area contributed by atoms with E-state index in [4.69, 9.17) is 0 Å². The zero-order valence-corrected chi connectivity index (χ0v) is 17.9. The van der Waals surface area contributed by atoms with Crippen LogP contribution in [-0.4, -0.2) is 81.8 Å². The van der Waals surface area contributed by atoms with E-state index >= 15 is 0 Å². The van der Waals surface area contributed by atoms with Crippen molar-refractivity contribution in [3.8, 4) is 0 Å². The quantitative estimate of drug-likeness (QED) is 0.568. The van der Waals surface area contributed by atoms with Crippen LogP contribution in [0.4, 0.5) is 4.39 Å². The fourth-order valence-electron chi connectivity index (χ4n) is 3.50. The summed E-state index contributed by atoms with van der Waals surface area (Å²) < 4.78 is 65.2. The van der Waals surface area contributed by atoms with Gasteiger partial charge in [0, 0.05) is 26.2 Å². The number of carbonyl (C=O) groups is 2. The Labute approximate surface area is 174 Å². The predicted octanol–water partition coefficient (Wildman–Crippen LogP) is -1.14. The van der Waals surface area contributed by atoms with Crippen LogP contribution in [0, 0.1) is 5.82 Å². The summed E-state index contributed by atoms with van der Waals surface area (Å²) >= 11 is 0. The van der Waals surface area contributed by atoms with Crippen LogP contribution in [0.25, 0.3) is 0 Å². The molecule has 3 rings (SSSR count). The number of sulfonamides is 2. The summed E-state index contributed by atoms with van der Waals surface area (Å²) in [5, 5.41) is 5.15. The van der Waals surface area contributed by atoms with Crippen molar-refractivity contribution < 1.29 is 30.8 Å². The minimum atomic E-state index is -4.07. The van der Waals surface area contributed by atoms with Crippen molar-refractivity contribution in [2.45, 2.75) is 29.8 Å². The Morgan fingerprint density at radius 2 is 1.83 bits per heavy atom. The van der Waals surface area contributed by atoms with Crippen molar-refractivity contribution in [1.29, 1.82) is 0 Å². The molecule has 2 aliphatic rings. The Bertz CT molecular complexity index is 1030. The van der Waals surface area contributed by atoms with Gasteiger partial charge in [-0.15, -0.1) is 0 Å². The second kappa shape index (κ2) is 8.57. The molecule has 13 heteroatoms. The van der Waals surface area contributed by atoms with E-state index in [1.165, 1.54) is 0 Å². The Morgan fingerprint density at radius 3 is 2.43 bits per heavy atom. The Kier molecular flexibility index (Phi) is 6.45. The molecule has 2 aliphatic heterocycles. The predicted molar refractivity (Wildman–Crippen MR) is 105 cm³/mol. The van der Waals surface area contributed by atoms with E-state index in [-0.39, 0.29) is 23.9 Å². The zero-order chi connectivity index (χ0) is 22.1. The molecule has 1 aromatic rings. The molecule has 0 radical (unpaired) electrons. The van der Waals surface area contributed by atoms with Gasteiger partial charge in [-0.25, -0.2) is 21.2 Å². The smallest absolute Gasteiger partial charge is 0.243 e. The van der Waals surface area contributed by atoms with E-state index in [2.05, 4.69) is 10.6 Å². The minimum Gasteiger partial charge on any atom is -0.354 e. The molecule has 2 N–H and O–H groups in total. The number of hydrogen-bond acceptors (Lipinski definition) is 6. The fraction of sp³-hybridized carbons (Fsp3) is 0.529. The average Bonchev–Trinajstić information content (AvgIpc) is 2.69. The highest BCUT2D eigenvalue weighted by atomic mass is 32.2. The number of nitrogens with zero attached hydrogens (tertiary/aromatic N) is 2. The highest BCUT2D eigenvalue weighted by Gasteiger charge is 2.42. The molecule has 0 unspecified atom stereocenters. The molecule has 0 aromatic heterocycles. The summed E-state index contributed by atoms with van der Waals surface area (Å²) in [6.07, 6.45) is 1.99. The van der Waals surface area contributed by atoms with Gasteiger partial charge >= 0.3 is 0 Å². The Hall–Kier alpha value is -2.09. The number of rotatable bonds is 5. The van der Waals surface area contributed by atoms with Gasteiger partial charge in [0.2, 0.25) is 31.9 Å². The maximum absolute atomic E-state index is 13.2. The van der Waals surface area contributed by atoms with Crippen molar-refractivity contribution in [3.05, 3.63) is 30.1 Å². The molecule has 0 spiro atoms. The molecule has 166 valence electrons. The lowest BCUT2D eigenvalue weighted by molar-refractivity contribution is -0.132. The average molecular weight is 463 g/mol. The summed E-state index contributed by atoms with van der Waals surface area (Å²) in [4.78, 5) is 24.6. The van der Waals surface area contributed by atoms with Crippen LogP contribution in [-0.2, 0) is 29.6 Å². The van der Waals surface area contributed by atoms with Crippen molar-refractivity contribution in [3.63, 3.8) is 0 Å². The van der Waals surface area contributed by atoms with Crippen LogP contribution in [0.2, 0.25) is 0 Å². The van der Waals surface area contributed by atoms with Gasteiger partial charge in [0.25, 0.3) is 0 Å². The van der Waals surface area contributed by atoms with Gasteiger partial charge in [-0.1, -0.05) is 0 Å². The first-order valence-electron chi connectivity index (χ1n) is 9.31. The molecule has 2 fully saturated rings. The molecule has 1 aromatic carbocycles. The summed E-state index contributed by atoms with van der Waals surface area (Å²) in [6.45, 7) is -0.324. The van der Waals surface area contributed by atoms with Gasteiger partial charge in [-0.3, -0.25) is 9.59 Å². The number of amides is 2. The monoisotopic (exact) mass is 462 g/mol. The van der Waals surface area contributed by atoms with Crippen molar-refractivity contribution >= 4 is 31.9 Å². The van der Waals surface area contributed by atoms with Crippen molar-refractivity contribution in [2.75, 3.05) is 32.4 Å². The van der Waals surface area contributed by atoms with E-state index in [0.717, 1.165) is 39.1 Å². The second-order valence-electron chi connectivity index (χ2n) is 7.20. The van der Waals surface area contributed by atoms with Gasteiger partial charge in [0.05, 0.1) is 11.2 Å². The first kappa shape index (κ1) is 22.6. The molecule has 2 atom stereocenters. The van der Waals surface area contributed by atoms with Crippen LogP contribution >= 0.6 is 0 Å². The second-order valence-corrected chi connectivity index (χ2v) is 11.1. The molecule has 2 saturated heterocycles. The Morgan fingerprint density at radius 1 is 1.17 bits per heavy atom. The fourth-order valence-corrected chi connectivity index (χ4v) is 5.98. The van der Waals surface area contributed by atoms with E-state index in [0.29, 0.717) is 19.4 Å². The number of piperazine rings is 1. The van der Waals surface area contributed by atoms with Crippen molar-refractivity contribution in [1.82, 2.24) is 19.2 Å². The van der Waals surface area contributed by atoms with E-state index in [1.807, 2.05) is 0 Å². The molecule has 0 bridgehead atoms. The SMILES string of the molecule is CS(=O)(=O)N1CCN(S(=O)(=O)c2ccc(F)cc2)C[C@H]1C(=O)N[C@H]1CCCNC1=O. The summed E-state index contributed by atoms with van der Waals surface area (Å²) in [5.74, 6) is -1.72. The first-order valence-corrected chi connectivity index (χ1v) is 12.6. The van der Waals surface area contributed by atoms with Crippen LogP contribution in [0.15, 0.2) is 29.2 Å². The minimum absolute atomic E-state index is 0.164. The van der Waals surface area contributed by atoms with Crippen LogP contribution < -0.4 is 10.6 Å². The first-order chi connectivity index (χ1) is 14.0. The van der Waals surface area contributed by atoms with Gasteiger partial charge < -0.3 is 10.6 Å². The van der Waals surface area contributed by atoms with Gasteiger partial charge in [-0.2, -0.15) is 8.61 Å². The third kappa shape index (κ3) is 4.79. The van der Waals surface area contributed by atoms with E-state index in [9.17, 15) is 30.8 Å². The van der Waals surface area contributed by atoms with Gasteiger partial charge in [0.15, 0.2) is 0 Å². The molecule has 2 amide bonds. The third-order valence-corrected chi connectivity index (χ3v) is 8.24. The van der Waals surface area contributed by atoms with Gasteiger partial charge in [-0.05, 0) is 37.1 Å². The number of benzene rings is 1. The molecule has 0 aliphatic carbocycles. The standard InChI is InChI=1S/C17H23FN4O6S2/c1-29(25,26)22-10-9-21(30(27,28)13-6-4-12(18)5-7-13)11-15(22)17(24)20-14-3-2-8-19-16(14)23/h4-7,14-15H,2-3,8-11H2,1H3,(H,19,23)(H,20,24)/t14-,15-/m0/s1. The van der Waals surface area contributed by atoms with E-state index in [1.54, 1.807) is 0 Å². The number of piperidine rings is 1. The molecule has 10 nitrogen and oxygen atoms in total. The number of halogens is 1. The lowest BCUT2D eigenvalue weighted by Crippen LogP contribution is -2.63. The highest BCUT2D eigenvalue weighted by molar-refractivity contribution is 7.89. The van der Waals surface area contributed by atoms with Crippen LogP contribution in [0.3, 0.4) is 0 Å². The van der Waals surface area contributed by atoms with Crippen LogP contribution in [0.5, 0.6) is 0 Å².